The van der Waals surface area contributed by atoms with Gasteiger partial charge in [-0.1, -0.05) is 6.92 Å². The van der Waals surface area contributed by atoms with Gasteiger partial charge in [0.1, 0.15) is 0 Å². The summed E-state index contributed by atoms with van der Waals surface area (Å²) in [6.07, 6.45) is 0.408. The van der Waals surface area contributed by atoms with Crippen molar-refractivity contribution < 1.29 is 19.4 Å². The molecule has 1 aliphatic heterocycles. The van der Waals surface area contributed by atoms with Gasteiger partial charge in [0.15, 0.2) is 0 Å². The van der Waals surface area contributed by atoms with E-state index < -0.39 is 12.1 Å². The van der Waals surface area contributed by atoms with Crippen molar-refractivity contribution in [2.45, 2.75) is 38.8 Å². The average Bonchev–Trinajstić information content (AvgIpc) is 2.28. The van der Waals surface area contributed by atoms with Gasteiger partial charge in [0.2, 0.25) is 0 Å². The highest BCUT2D eigenvalue weighted by Crippen LogP contribution is 2.09. The molecule has 6 heteroatoms. The Hall–Kier alpha value is -1.30. The monoisotopic (exact) mass is 244 g/mol. The van der Waals surface area contributed by atoms with Crippen LogP contribution in [-0.2, 0) is 9.53 Å². The largest absolute Gasteiger partial charge is 0.481 e. The predicted molar refractivity (Wildman–Crippen MR) is 61.9 cm³/mol. The number of nitrogens with zero attached hydrogens (tertiary/aromatic N) is 1. The van der Waals surface area contributed by atoms with E-state index in [1.54, 1.807) is 4.90 Å². The number of carboxylic acid groups (broad SMARTS) is 1. The van der Waals surface area contributed by atoms with Crippen LogP contribution in [0.2, 0.25) is 0 Å². The minimum absolute atomic E-state index is 0.0624. The minimum Gasteiger partial charge on any atom is -0.481 e. The molecule has 1 heterocycles. The van der Waals surface area contributed by atoms with Gasteiger partial charge in [-0.3, -0.25) is 4.79 Å². The van der Waals surface area contributed by atoms with Gasteiger partial charge in [-0.15, -0.1) is 0 Å². The molecule has 6 nitrogen and oxygen atoms in total. The fourth-order valence-electron chi connectivity index (χ4n) is 1.63. The molecule has 1 aliphatic rings. The third-order valence-corrected chi connectivity index (χ3v) is 2.81. The van der Waals surface area contributed by atoms with Crippen molar-refractivity contribution in [2.24, 2.45) is 0 Å². The van der Waals surface area contributed by atoms with E-state index in [1.807, 2.05) is 13.8 Å². The van der Waals surface area contributed by atoms with E-state index in [-0.39, 0.29) is 18.5 Å². The molecule has 2 N–H and O–H groups in total. The molecule has 0 aromatic heterocycles. The van der Waals surface area contributed by atoms with Crippen molar-refractivity contribution in [3.8, 4) is 0 Å². The van der Waals surface area contributed by atoms with Crippen molar-refractivity contribution in [2.75, 3.05) is 19.7 Å². The van der Waals surface area contributed by atoms with Crippen LogP contribution in [0.1, 0.15) is 26.7 Å². The Balaban J connectivity index is 2.43. The van der Waals surface area contributed by atoms with E-state index >= 15 is 0 Å². The maximum Gasteiger partial charge on any atom is 0.317 e. The van der Waals surface area contributed by atoms with E-state index in [4.69, 9.17) is 9.84 Å². The molecule has 0 aromatic rings. The second-order valence-corrected chi connectivity index (χ2v) is 4.30. The fraction of sp³-hybridized carbons (Fsp3) is 0.818. The molecule has 0 bridgehead atoms. The number of nitrogens with one attached hydrogen (secondary N) is 1. The summed E-state index contributed by atoms with van der Waals surface area (Å²) in [5.74, 6) is -0.904. The number of aliphatic carboxylic acids is 1. The first-order chi connectivity index (χ1) is 8.02. The topological polar surface area (TPSA) is 78.9 Å². The lowest BCUT2D eigenvalue weighted by Crippen LogP contribution is -2.51. The second kappa shape index (κ2) is 6.44. The average molecular weight is 244 g/mol. The van der Waals surface area contributed by atoms with Crippen LogP contribution in [0, 0.1) is 0 Å². The number of urea groups is 1. The number of morpholine rings is 1. The van der Waals surface area contributed by atoms with Crippen LogP contribution in [0.5, 0.6) is 0 Å². The predicted octanol–water partition coefficient (Wildman–Crippen LogP) is 0.670. The number of rotatable bonds is 4. The Morgan fingerprint density at radius 2 is 2.29 bits per heavy atom. The van der Waals surface area contributed by atoms with Crippen molar-refractivity contribution in [3.63, 3.8) is 0 Å². The van der Waals surface area contributed by atoms with Crippen LogP contribution in [0.25, 0.3) is 0 Å². The number of carbonyl (C=O) groups is 2. The van der Waals surface area contributed by atoms with Crippen LogP contribution in [-0.4, -0.2) is 53.8 Å². The van der Waals surface area contributed by atoms with E-state index in [0.717, 1.165) is 6.42 Å². The molecule has 2 unspecified atom stereocenters. The molecule has 0 aromatic carbocycles. The van der Waals surface area contributed by atoms with Gasteiger partial charge < -0.3 is 20.1 Å². The quantitative estimate of drug-likeness (QED) is 0.762. The van der Waals surface area contributed by atoms with Crippen LogP contribution in [0.15, 0.2) is 0 Å². The Morgan fingerprint density at radius 3 is 2.88 bits per heavy atom. The number of carbonyl (C=O) groups excluding carboxylic acids is 1. The van der Waals surface area contributed by atoms with E-state index in [2.05, 4.69) is 5.32 Å². The summed E-state index contributed by atoms with van der Waals surface area (Å²) >= 11 is 0. The highest BCUT2D eigenvalue weighted by atomic mass is 16.5. The van der Waals surface area contributed by atoms with Gasteiger partial charge in [-0.25, -0.2) is 4.79 Å². The Bertz CT molecular complexity index is 283. The molecule has 0 saturated carbocycles. The normalized spacial score (nSPS) is 22.0. The Labute approximate surface area is 101 Å². The molecule has 98 valence electrons. The third kappa shape index (κ3) is 4.60. The van der Waals surface area contributed by atoms with Gasteiger partial charge in [-0.2, -0.15) is 0 Å². The summed E-state index contributed by atoms with van der Waals surface area (Å²) in [6, 6.07) is -0.0127. The molecule has 0 aliphatic carbocycles. The molecule has 1 fully saturated rings. The van der Waals surface area contributed by atoms with E-state index in [1.165, 1.54) is 0 Å². The van der Waals surface area contributed by atoms with Crippen molar-refractivity contribution >= 4 is 12.0 Å². The smallest absolute Gasteiger partial charge is 0.317 e. The van der Waals surface area contributed by atoms with Gasteiger partial charge >= 0.3 is 12.0 Å². The molecule has 0 radical (unpaired) electrons. The van der Waals surface area contributed by atoms with E-state index in [0.29, 0.717) is 19.7 Å². The molecule has 2 amide bonds. The Morgan fingerprint density at radius 1 is 1.59 bits per heavy atom. The van der Waals surface area contributed by atoms with Gasteiger partial charge in [-0.05, 0) is 13.3 Å². The zero-order valence-electron chi connectivity index (χ0n) is 10.3. The summed E-state index contributed by atoms with van der Waals surface area (Å²) in [4.78, 5) is 24.0. The zero-order valence-corrected chi connectivity index (χ0v) is 10.3. The van der Waals surface area contributed by atoms with Crippen LogP contribution in [0.3, 0.4) is 0 Å². The molecule has 1 rings (SSSR count). The number of carboxylic acids is 1. The number of hydrogen-bond acceptors (Lipinski definition) is 3. The lowest BCUT2D eigenvalue weighted by molar-refractivity contribution is -0.141. The molecule has 1 saturated heterocycles. The van der Waals surface area contributed by atoms with Crippen LogP contribution in [0.4, 0.5) is 4.79 Å². The summed E-state index contributed by atoms with van der Waals surface area (Å²) in [5.41, 5.74) is 0. The highest BCUT2D eigenvalue weighted by Gasteiger charge is 2.26. The maximum absolute atomic E-state index is 11.8. The van der Waals surface area contributed by atoms with Gasteiger partial charge in [0.05, 0.1) is 19.1 Å². The zero-order chi connectivity index (χ0) is 12.8. The third-order valence-electron chi connectivity index (χ3n) is 2.81. The lowest BCUT2D eigenvalue weighted by atomic mass is 10.2. The van der Waals surface area contributed by atoms with Crippen molar-refractivity contribution in [1.29, 1.82) is 0 Å². The summed E-state index contributed by atoms with van der Waals surface area (Å²) < 4.78 is 5.30. The highest BCUT2D eigenvalue weighted by molar-refractivity contribution is 5.74. The second-order valence-electron chi connectivity index (χ2n) is 4.30. The molecular weight excluding hydrogens is 224 g/mol. The maximum atomic E-state index is 11.8. The first kappa shape index (κ1) is 13.8. The molecular formula is C11H20N2O4. The van der Waals surface area contributed by atoms with E-state index in [9.17, 15) is 9.59 Å². The van der Waals surface area contributed by atoms with Crippen LogP contribution < -0.4 is 5.32 Å². The summed E-state index contributed by atoms with van der Waals surface area (Å²) in [5, 5.41) is 11.5. The SMILES string of the molecule is CCC(C)NC(=O)N1CCOC(CC(=O)O)C1. The standard InChI is InChI=1S/C11H20N2O4/c1-3-8(2)12-11(16)13-4-5-17-9(7-13)6-10(14)15/h8-9H,3-7H2,1-2H3,(H,12,16)(H,14,15). The Kier molecular flexibility index (Phi) is 5.21. The summed E-state index contributed by atoms with van der Waals surface area (Å²) in [6.45, 7) is 5.18. The van der Waals surface area contributed by atoms with Crippen molar-refractivity contribution in [1.82, 2.24) is 10.2 Å². The first-order valence-corrected chi connectivity index (χ1v) is 5.91. The lowest BCUT2D eigenvalue weighted by Gasteiger charge is -2.33. The number of ether oxygens (including phenoxy) is 1. The van der Waals surface area contributed by atoms with Gasteiger partial charge in [0, 0.05) is 19.1 Å². The number of hydrogen-bond donors (Lipinski definition) is 2. The molecule has 2 atom stereocenters. The summed E-state index contributed by atoms with van der Waals surface area (Å²) in [7, 11) is 0. The van der Waals surface area contributed by atoms with Gasteiger partial charge in [0.25, 0.3) is 0 Å². The fourth-order valence-corrected chi connectivity index (χ4v) is 1.63. The minimum atomic E-state index is -0.904. The number of amides is 2. The van der Waals surface area contributed by atoms with Crippen LogP contribution >= 0.6 is 0 Å². The van der Waals surface area contributed by atoms with Crippen molar-refractivity contribution in [3.05, 3.63) is 0 Å². The molecule has 17 heavy (non-hydrogen) atoms. The molecule has 0 spiro atoms. The first-order valence-electron chi connectivity index (χ1n) is 5.91.